The number of phenolic OH excluding ortho intramolecular Hbond substituents is 1. The molecule has 2 N–H and O–H groups in total. The molecular weight excluding hydrogens is 430 g/mol. The monoisotopic (exact) mass is 449 g/mol. The second kappa shape index (κ2) is 8.40. The number of Topliss-reactive ketones (excluding diaryl/α,β-unsaturated/α-hetero) is 1. The molecule has 0 radical (unpaired) electrons. The lowest BCUT2D eigenvalue weighted by atomic mass is 9.94. The number of methoxy groups -OCH3 is 1. The molecule has 162 valence electrons. The van der Waals surface area contributed by atoms with Gasteiger partial charge in [0.25, 0.3) is 11.7 Å². The van der Waals surface area contributed by atoms with E-state index in [0.717, 1.165) is 5.56 Å². The number of aromatic hydroxyl groups is 1. The summed E-state index contributed by atoms with van der Waals surface area (Å²) >= 11 is 6.30. The first-order valence-corrected chi connectivity index (χ1v) is 10.2. The summed E-state index contributed by atoms with van der Waals surface area (Å²) < 4.78 is 5.22. The molecule has 1 saturated heterocycles. The summed E-state index contributed by atoms with van der Waals surface area (Å²) in [5.41, 5.74) is 2.05. The molecule has 1 aliphatic heterocycles. The third-order valence-corrected chi connectivity index (χ3v) is 5.85. The number of carbonyl (C=O) groups is 2. The number of carbonyl (C=O) groups excluding carboxylic acids is 2. The van der Waals surface area contributed by atoms with E-state index in [0.29, 0.717) is 21.8 Å². The maximum atomic E-state index is 13.2. The van der Waals surface area contributed by atoms with Crippen LogP contribution in [-0.2, 0) is 9.59 Å². The highest BCUT2D eigenvalue weighted by atomic mass is 35.5. The van der Waals surface area contributed by atoms with Crippen LogP contribution in [0.15, 0.2) is 72.3 Å². The number of aliphatic hydroxyl groups is 1. The zero-order valence-corrected chi connectivity index (χ0v) is 18.1. The van der Waals surface area contributed by atoms with Crippen LogP contribution in [0.4, 0.5) is 5.69 Å². The molecule has 7 heteroatoms. The van der Waals surface area contributed by atoms with Gasteiger partial charge in [0.1, 0.15) is 5.76 Å². The molecule has 32 heavy (non-hydrogen) atoms. The Balaban J connectivity index is 1.98. The first-order chi connectivity index (χ1) is 15.3. The lowest BCUT2D eigenvalue weighted by Gasteiger charge is -2.26. The van der Waals surface area contributed by atoms with Gasteiger partial charge in [0, 0.05) is 16.3 Å². The number of aryl methyl sites for hydroxylation is 1. The number of phenols is 1. The number of anilines is 1. The summed E-state index contributed by atoms with van der Waals surface area (Å²) in [6.45, 7) is 1.83. The van der Waals surface area contributed by atoms with E-state index in [1.54, 1.807) is 54.6 Å². The fourth-order valence-electron chi connectivity index (χ4n) is 3.76. The molecule has 3 aromatic carbocycles. The van der Waals surface area contributed by atoms with Crippen molar-refractivity contribution in [2.45, 2.75) is 13.0 Å². The van der Waals surface area contributed by atoms with Gasteiger partial charge in [0.05, 0.1) is 18.7 Å². The fourth-order valence-corrected chi connectivity index (χ4v) is 3.94. The van der Waals surface area contributed by atoms with Crippen molar-refractivity contribution in [1.29, 1.82) is 0 Å². The van der Waals surface area contributed by atoms with Crippen LogP contribution in [-0.4, -0.2) is 29.0 Å². The van der Waals surface area contributed by atoms with Crippen molar-refractivity contribution in [3.8, 4) is 11.5 Å². The molecule has 0 saturated carbocycles. The number of aliphatic hydroxyl groups excluding tert-OH is 1. The van der Waals surface area contributed by atoms with E-state index < -0.39 is 17.7 Å². The fraction of sp³-hybridized carbons (Fsp3) is 0.120. The molecule has 3 aromatic rings. The number of hydrogen-bond acceptors (Lipinski definition) is 5. The molecule has 4 rings (SSSR count). The molecule has 0 unspecified atom stereocenters. The second-order valence-corrected chi connectivity index (χ2v) is 7.81. The van der Waals surface area contributed by atoms with Gasteiger partial charge in [-0.15, -0.1) is 0 Å². The number of halogens is 1. The molecule has 0 aliphatic carbocycles. The van der Waals surface area contributed by atoms with E-state index in [4.69, 9.17) is 16.3 Å². The largest absolute Gasteiger partial charge is 0.507 e. The number of ether oxygens (including phenoxy) is 1. The Morgan fingerprint density at radius 3 is 2.41 bits per heavy atom. The van der Waals surface area contributed by atoms with Gasteiger partial charge in [-0.3, -0.25) is 14.5 Å². The molecular formula is C25H20ClNO5. The molecule has 1 amide bonds. The summed E-state index contributed by atoms with van der Waals surface area (Å²) in [4.78, 5) is 27.6. The van der Waals surface area contributed by atoms with Crippen LogP contribution < -0.4 is 9.64 Å². The third kappa shape index (κ3) is 3.59. The molecule has 1 fully saturated rings. The van der Waals surface area contributed by atoms with Gasteiger partial charge < -0.3 is 14.9 Å². The predicted molar refractivity (Wildman–Crippen MR) is 122 cm³/mol. The van der Waals surface area contributed by atoms with Crippen LogP contribution >= 0.6 is 11.6 Å². The van der Waals surface area contributed by atoms with E-state index in [2.05, 4.69) is 0 Å². The topological polar surface area (TPSA) is 87.1 Å². The Kier molecular flexibility index (Phi) is 5.63. The third-order valence-electron chi connectivity index (χ3n) is 5.44. The first kappa shape index (κ1) is 21.5. The summed E-state index contributed by atoms with van der Waals surface area (Å²) in [5.74, 6) is -1.81. The van der Waals surface area contributed by atoms with E-state index in [1.807, 2.05) is 6.92 Å². The van der Waals surface area contributed by atoms with Crippen LogP contribution in [0, 0.1) is 6.92 Å². The number of benzene rings is 3. The van der Waals surface area contributed by atoms with Gasteiger partial charge in [0.2, 0.25) is 0 Å². The summed E-state index contributed by atoms with van der Waals surface area (Å²) in [5, 5.41) is 21.5. The van der Waals surface area contributed by atoms with Gasteiger partial charge in [-0.1, -0.05) is 54.1 Å². The minimum Gasteiger partial charge on any atom is -0.507 e. The van der Waals surface area contributed by atoms with E-state index in [-0.39, 0.29) is 22.8 Å². The number of ketones is 1. The number of rotatable bonds is 4. The van der Waals surface area contributed by atoms with Crippen LogP contribution in [0.2, 0.25) is 5.02 Å². The normalized spacial score (nSPS) is 17.6. The van der Waals surface area contributed by atoms with Crippen molar-refractivity contribution < 1.29 is 24.5 Å². The molecule has 1 atom stereocenters. The van der Waals surface area contributed by atoms with Gasteiger partial charge in [-0.05, 0) is 42.3 Å². The van der Waals surface area contributed by atoms with E-state index in [9.17, 15) is 19.8 Å². The summed E-state index contributed by atoms with van der Waals surface area (Å²) in [7, 11) is 1.40. The smallest absolute Gasteiger partial charge is 0.300 e. The van der Waals surface area contributed by atoms with Crippen molar-refractivity contribution in [2.75, 3.05) is 12.0 Å². The Morgan fingerprint density at radius 1 is 1.03 bits per heavy atom. The highest BCUT2D eigenvalue weighted by Crippen LogP contribution is 2.44. The Labute approximate surface area is 189 Å². The van der Waals surface area contributed by atoms with Gasteiger partial charge in [-0.2, -0.15) is 0 Å². The number of hydrogen-bond donors (Lipinski definition) is 2. The van der Waals surface area contributed by atoms with Crippen molar-refractivity contribution in [1.82, 2.24) is 0 Å². The van der Waals surface area contributed by atoms with Crippen molar-refractivity contribution in [3.63, 3.8) is 0 Å². The van der Waals surface area contributed by atoms with Gasteiger partial charge >= 0.3 is 0 Å². The maximum Gasteiger partial charge on any atom is 0.300 e. The Morgan fingerprint density at radius 2 is 1.75 bits per heavy atom. The van der Waals surface area contributed by atoms with Crippen molar-refractivity contribution >= 4 is 34.7 Å². The SMILES string of the molecule is COc1cc([C@@H]2/C(=C(\O)c3ccccc3)C(=O)C(=O)N2c2ccc(C)c(Cl)c2)ccc1O. The molecule has 1 heterocycles. The van der Waals surface area contributed by atoms with E-state index in [1.165, 1.54) is 24.1 Å². The molecule has 0 spiro atoms. The molecule has 0 aromatic heterocycles. The van der Waals surface area contributed by atoms with Crippen LogP contribution in [0.1, 0.15) is 22.7 Å². The first-order valence-electron chi connectivity index (χ1n) is 9.83. The zero-order valence-electron chi connectivity index (χ0n) is 17.4. The van der Waals surface area contributed by atoms with Crippen LogP contribution in [0.3, 0.4) is 0 Å². The summed E-state index contributed by atoms with van der Waals surface area (Å²) in [6.07, 6.45) is 0. The van der Waals surface area contributed by atoms with Crippen LogP contribution in [0.25, 0.3) is 5.76 Å². The Hall–Kier alpha value is -3.77. The molecule has 6 nitrogen and oxygen atoms in total. The average molecular weight is 450 g/mol. The number of amides is 1. The standard InChI is InChI=1S/C25H20ClNO5/c1-14-8-10-17(13-18(14)26)27-22(16-9-11-19(28)20(12-16)32-2)21(24(30)25(27)31)23(29)15-6-4-3-5-7-15/h3-13,22,28-29H,1-2H3/b23-21+/t22-/m1/s1. The maximum absolute atomic E-state index is 13.2. The van der Waals surface area contributed by atoms with Crippen LogP contribution in [0.5, 0.6) is 11.5 Å². The lowest BCUT2D eigenvalue weighted by molar-refractivity contribution is -0.132. The second-order valence-electron chi connectivity index (χ2n) is 7.40. The minimum absolute atomic E-state index is 0.0642. The Bertz CT molecular complexity index is 1250. The average Bonchev–Trinajstić information content (AvgIpc) is 3.06. The quantitative estimate of drug-likeness (QED) is 0.333. The molecule has 0 bridgehead atoms. The predicted octanol–water partition coefficient (Wildman–Crippen LogP) is 4.99. The number of nitrogens with zero attached hydrogens (tertiary/aromatic N) is 1. The van der Waals surface area contributed by atoms with Gasteiger partial charge in [-0.25, -0.2) is 0 Å². The lowest BCUT2D eigenvalue weighted by Crippen LogP contribution is -2.29. The molecule has 1 aliphatic rings. The van der Waals surface area contributed by atoms with Crippen molar-refractivity contribution in [3.05, 3.63) is 94.0 Å². The highest BCUT2D eigenvalue weighted by molar-refractivity contribution is 6.51. The van der Waals surface area contributed by atoms with Crippen molar-refractivity contribution in [2.24, 2.45) is 0 Å². The zero-order chi connectivity index (χ0) is 23.0. The minimum atomic E-state index is -0.955. The summed E-state index contributed by atoms with van der Waals surface area (Å²) in [6, 6.07) is 17.2. The highest BCUT2D eigenvalue weighted by Gasteiger charge is 2.47. The van der Waals surface area contributed by atoms with Gasteiger partial charge in [0.15, 0.2) is 11.5 Å². The van der Waals surface area contributed by atoms with E-state index >= 15 is 0 Å².